The summed E-state index contributed by atoms with van der Waals surface area (Å²) in [4.78, 5) is 0. The van der Waals surface area contributed by atoms with Crippen molar-refractivity contribution in [3.05, 3.63) is 0 Å². The molecule has 0 amide bonds. The van der Waals surface area contributed by atoms with E-state index in [9.17, 15) is 0 Å². The average molecular weight is 92.9 g/mol. The minimum atomic E-state index is 0.889. The van der Waals surface area contributed by atoms with Gasteiger partial charge in [-0.05, 0) is 0 Å². The molecule has 0 aliphatic heterocycles. The molecule has 0 unspecified atom stereocenters. The quantitative estimate of drug-likeness (QED) is 0.266. The summed E-state index contributed by atoms with van der Waals surface area (Å²) in [5, 5.41) is 0. The second-order valence-electron chi connectivity index (χ2n) is 0.568. The van der Waals surface area contributed by atoms with Gasteiger partial charge < -0.3 is 9.31 Å². The number of terminal acetylenes is 2. The molecule has 0 N–H and O–H groups in total. The SMILES string of the molecule is C#CO[B]OC#C. The summed E-state index contributed by atoms with van der Waals surface area (Å²) in [5.74, 6) is 0. The highest BCUT2D eigenvalue weighted by Gasteiger charge is 1.85. The fraction of sp³-hybridized carbons (Fsp3) is 0. The molecule has 0 rings (SSSR count). The van der Waals surface area contributed by atoms with Crippen LogP contribution in [-0.2, 0) is 9.31 Å². The van der Waals surface area contributed by atoms with Gasteiger partial charge in [0.15, 0.2) is 0 Å². The molecular formula is C4H2BO2. The molecular weight excluding hydrogens is 90.9 g/mol. The van der Waals surface area contributed by atoms with Crippen LogP contribution in [0, 0.1) is 25.1 Å². The van der Waals surface area contributed by atoms with E-state index in [-0.39, 0.29) is 0 Å². The fourth-order valence-corrected chi connectivity index (χ4v) is 0.0796. The predicted octanol–water partition coefficient (Wildman–Crippen LogP) is -0.265. The van der Waals surface area contributed by atoms with Gasteiger partial charge in [0, 0.05) is 0 Å². The highest BCUT2D eigenvalue weighted by molar-refractivity contribution is 6.19. The van der Waals surface area contributed by atoms with Crippen LogP contribution >= 0.6 is 0 Å². The Balaban J connectivity index is 2.77. The molecule has 33 valence electrons. The highest BCUT2D eigenvalue weighted by Crippen LogP contribution is 1.63. The molecule has 1 radical (unpaired) electrons. The van der Waals surface area contributed by atoms with E-state index in [1.165, 1.54) is 0 Å². The monoisotopic (exact) mass is 93.0 g/mol. The van der Waals surface area contributed by atoms with Gasteiger partial charge in [-0.25, -0.2) is 0 Å². The summed E-state index contributed by atoms with van der Waals surface area (Å²) in [5.41, 5.74) is 0. The van der Waals surface area contributed by atoms with Crippen molar-refractivity contribution in [2.24, 2.45) is 0 Å². The first-order valence-electron chi connectivity index (χ1n) is 1.46. The average Bonchev–Trinajstić information content (AvgIpc) is 1.69. The minimum absolute atomic E-state index is 0.889. The van der Waals surface area contributed by atoms with Crippen LogP contribution in [-0.4, -0.2) is 7.69 Å². The first-order chi connectivity index (χ1) is 3.41. The lowest BCUT2D eigenvalue weighted by molar-refractivity contribution is 0.415. The van der Waals surface area contributed by atoms with Gasteiger partial charge in [-0.2, -0.15) is 0 Å². The molecule has 7 heavy (non-hydrogen) atoms. The normalized spacial score (nSPS) is 4.86. The van der Waals surface area contributed by atoms with Gasteiger partial charge in [0.2, 0.25) is 0 Å². The van der Waals surface area contributed by atoms with E-state index in [2.05, 4.69) is 22.2 Å². The summed E-state index contributed by atoms with van der Waals surface area (Å²) in [6.45, 7) is 0. The third-order valence-corrected chi connectivity index (χ3v) is 0.232. The van der Waals surface area contributed by atoms with Crippen molar-refractivity contribution in [2.45, 2.75) is 0 Å². The maximum atomic E-state index is 4.62. The fourth-order valence-electron chi connectivity index (χ4n) is 0.0796. The van der Waals surface area contributed by atoms with Crippen LogP contribution in [0.2, 0.25) is 0 Å². The molecule has 0 aromatic rings. The Morgan fingerprint density at radius 3 is 1.86 bits per heavy atom. The van der Waals surface area contributed by atoms with Gasteiger partial charge in [0.05, 0.1) is 12.2 Å². The van der Waals surface area contributed by atoms with E-state index in [0.29, 0.717) is 0 Å². The van der Waals surface area contributed by atoms with Crippen molar-refractivity contribution < 1.29 is 9.31 Å². The molecule has 0 aromatic carbocycles. The predicted molar refractivity (Wildman–Crippen MR) is 25.6 cm³/mol. The lowest BCUT2D eigenvalue weighted by Gasteiger charge is -1.84. The third kappa shape index (κ3) is 4.78. The van der Waals surface area contributed by atoms with Crippen molar-refractivity contribution in [2.75, 3.05) is 0 Å². The van der Waals surface area contributed by atoms with Crippen molar-refractivity contribution in [1.82, 2.24) is 0 Å². The zero-order valence-corrected chi connectivity index (χ0v) is 3.55. The Morgan fingerprint density at radius 1 is 1.14 bits per heavy atom. The van der Waals surface area contributed by atoms with E-state index < -0.39 is 0 Å². The maximum Gasteiger partial charge on any atom is 0.676 e. The molecule has 0 bridgehead atoms. The lowest BCUT2D eigenvalue weighted by Crippen LogP contribution is -1.93. The van der Waals surface area contributed by atoms with Crippen LogP contribution in [0.1, 0.15) is 0 Å². The van der Waals surface area contributed by atoms with Crippen LogP contribution in [0.15, 0.2) is 0 Å². The van der Waals surface area contributed by atoms with Gasteiger partial charge in [-0.3, -0.25) is 0 Å². The van der Waals surface area contributed by atoms with E-state index in [1.807, 2.05) is 12.2 Å². The Labute approximate surface area is 43.1 Å². The molecule has 0 atom stereocenters. The topological polar surface area (TPSA) is 18.5 Å². The standard InChI is InChI=1S/C4H2BO2/c1-3-6-5-7-4-2/h1-2H. The zero-order chi connectivity index (χ0) is 5.54. The molecule has 0 aliphatic carbocycles. The molecule has 3 heteroatoms. The van der Waals surface area contributed by atoms with Gasteiger partial charge in [0.1, 0.15) is 0 Å². The molecule has 0 aromatic heterocycles. The Hall–Kier alpha value is -1.22. The highest BCUT2D eigenvalue weighted by atomic mass is 16.6. The maximum absolute atomic E-state index is 4.62. The van der Waals surface area contributed by atoms with Gasteiger partial charge in [-0.1, -0.05) is 12.8 Å². The summed E-state index contributed by atoms with van der Waals surface area (Å²) < 4.78 is 8.22. The van der Waals surface area contributed by atoms with E-state index >= 15 is 0 Å². The lowest BCUT2D eigenvalue weighted by atomic mass is 10.4. The van der Waals surface area contributed by atoms with Gasteiger partial charge in [-0.15, -0.1) is 0 Å². The first kappa shape index (κ1) is 5.78. The Bertz CT molecular complexity index is 93.8. The number of rotatable bonds is 2. The van der Waals surface area contributed by atoms with E-state index in [4.69, 9.17) is 0 Å². The first-order valence-corrected chi connectivity index (χ1v) is 1.46. The summed E-state index contributed by atoms with van der Waals surface area (Å²) >= 11 is 0. The molecule has 0 heterocycles. The second-order valence-corrected chi connectivity index (χ2v) is 0.568. The smallest absolute Gasteiger partial charge is 0.477 e. The van der Waals surface area contributed by atoms with E-state index in [1.54, 1.807) is 0 Å². The van der Waals surface area contributed by atoms with Crippen LogP contribution in [0.4, 0.5) is 0 Å². The Morgan fingerprint density at radius 2 is 1.57 bits per heavy atom. The molecule has 2 nitrogen and oxygen atoms in total. The number of hydrogen-bond acceptors (Lipinski definition) is 2. The molecule has 0 saturated carbocycles. The molecule has 0 spiro atoms. The van der Waals surface area contributed by atoms with Crippen LogP contribution < -0.4 is 0 Å². The van der Waals surface area contributed by atoms with Crippen molar-refractivity contribution in [3.8, 4) is 25.1 Å². The zero-order valence-electron chi connectivity index (χ0n) is 3.55. The van der Waals surface area contributed by atoms with Crippen molar-refractivity contribution in [3.63, 3.8) is 0 Å². The van der Waals surface area contributed by atoms with E-state index in [0.717, 1.165) is 7.69 Å². The summed E-state index contributed by atoms with van der Waals surface area (Å²) in [7, 11) is 0.889. The largest absolute Gasteiger partial charge is 0.676 e. The van der Waals surface area contributed by atoms with Crippen LogP contribution in [0.25, 0.3) is 0 Å². The van der Waals surface area contributed by atoms with Crippen LogP contribution in [0.3, 0.4) is 0 Å². The van der Waals surface area contributed by atoms with Gasteiger partial charge >= 0.3 is 7.69 Å². The van der Waals surface area contributed by atoms with Crippen LogP contribution in [0.5, 0.6) is 0 Å². The molecule has 0 saturated heterocycles. The van der Waals surface area contributed by atoms with Crippen molar-refractivity contribution in [1.29, 1.82) is 0 Å². The number of hydrogen-bond donors (Lipinski definition) is 0. The Kier molecular flexibility index (Phi) is 3.95. The summed E-state index contributed by atoms with van der Waals surface area (Å²) in [6, 6.07) is 0. The van der Waals surface area contributed by atoms with Gasteiger partial charge in [0.25, 0.3) is 0 Å². The minimum Gasteiger partial charge on any atom is -0.477 e. The third-order valence-electron chi connectivity index (χ3n) is 0.232. The van der Waals surface area contributed by atoms with Crippen molar-refractivity contribution >= 4 is 7.69 Å². The molecule has 0 fully saturated rings. The molecule has 0 aliphatic rings. The summed E-state index contributed by atoms with van der Waals surface area (Å²) in [6.07, 6.45) is 12.9. The second kappa shape index (κ2) is 4.78.